The highest BCUT2D eigenvalue weighted by Crippen LogP contribution is 2.00. The molecule has 1 fully saturated rings. The molecule has 44 valence electrons. The molecule has 0 aromatic carbocycles. The summed E-state index contributed by atoms with van der Waals surface area (Å²) in [4.78, 5) is 10.7. The normalized spacial score (nSPS) is 27.4. The summed E-state index contributed by atoms with van der Waals surface area (Å²) in [5, 5.41) is 2.34. The number of hydrogen-bond acceptors (Lipinski definition) is 3. The maximum atomic E-state index is 10.2. The van der Waals surface area contributed by atoms with Crippen LogP contribution in [0, 0.1) is 0 Å². The van der Waals surface area contributed by atoms with Gasteiger partial charge in [-0.25, -0.2) is 4.79 Å². The van der Waals surface area contributed by atoms with Crippen LogP contribution in [0.15, 0.2) is 0 Å². The maximum absolute atomic E-state index is 10.2. The van der Waals surface area contributed by atoms with Crippen molar-refractivity contribution in [3.8, 4) is 0 Å². The maximum Gasteiger partial charge on any atom is 0.412 e. The molecule has 1 heterocycles. The molecule has 0 saturated carbocycles. The fourth-order valence-corrected chi connectivity index (χ4v) is 0.577. The van der Waals surface area contributed by atoms with Crippen LogP contribution in [-0.2, 0) is 4.74 Å². The van der Waals surface area contributed by atoms with Gasteiger partial charge in [-0.2, -0.15) is 0 Å². The number of nitrogens with one attached hydrogen (secondary N) is 1. The Hall–Kier alpha value is -0.640. The lowest BCUT2D eigenvalue weighted by Gasteiger charge is -1.93. The Kier molecular flexibility index (Phi) is 1.17. The number of ether oxygens (including phenoxy) is 1. The van der Waals surface area contributed by atoms with Gasteiger partial charge in [-0.05, 0) is 6.92 Å². The summed E-state index contributed by atoms with van der Waals surface area (Å²) in [6.45, 7) is 1.72. The monoisotopic (exact) mass is 131 g/mol. The van der Waals surface area contributed by atoms with E-state index in [0.717, 1.165) is 0 Å². The van der Waals surface area contributed by atoms with Gasteiger partial charge in [0.15, 0.2) is 6.10 Å². The molecule has 1 rings (SSSR count). The lowest BCUT2D eigenvalue weighted by Crippen LogP contribution is -2.19. The summed E-state index contributed by atoms with van der Waals surface area (Å²) in [5.41, 5.74) is 0. The first-order valence-electron chi connectivity index (χ1n) is 2.21. The first-order chi connectivity index (χ1) is 3.70. The zero-order valence-electron chi connectivity index (χ0n) is 4.30. The van der Waals surface area contributed by atoms with Crippen LogP contribution in [0.4, 0.5) is 4.79 Å². The highest BCUT2D eigenvalue weighted by Gasteiger charge is 2.23. The van der Waals surface area contributed by atoms with Crippen LogP contribution in [0.2, 0.25) is 0 Å². The Morgan fingerprint density at radius 2 is 2.50 bits per heavy atom. The summed E-state index contributed by atoms with van der Waals surface area (Å²) in [6.07, 6.45) is -0.681. The van der Waals surface area contributed by atoms with Gasteiger partial charge >= 0.3 is 6.09 Å². The predicted octanol–water partition coefficient (Wildman–Crippen LogP) is 0.442. The number of rotatable bonds is 0. The topological polar surface area (TPSA) is 38.3 Å². The first-order valence-corrected chi connectivity index (χ1v) is 2.62. The van der Waals surface area contributed by atoms with Gasteiger partial charge in [-0.1, -0.05) is 12.2 Å². The van der Waals surface area contributed by atoms with Crippen molar-refractivity contribution in [1.82, 2.24) is 5.32 Å². The zero-order valence-corrected chi connectivity index (χ0v) is 5.12. The number of cyclic esters (lactones) is 1. The quantitative estimate of drug-likeness (QED) is 0.485. The van der Waals surface area contributed by atoms with E-state index in [9.17, 15) is 4.79 Å². The smallest absolute Gasteiger partial charge is 0.412 e. The van der Waals surface area contributed by atoms with E-state index in [0.29, 0.717) is 4.99 Å². The summed E-state index contributed by atoms with van der Waals surface area (Å²) in [7, 11) is 0. The molecule has 0 aliphatic carbocycles. The van der Waals surface area contributed by atoms with Crippen LogP contribution < -0.4 is 5.32 Å². The van der Waals surface area contributed by atoms with Crippen molar-refractivity contribution < 1.29 is 9.53 Å². The van der Waals surface area contributed by atoms with Crippen molar-refractivity contribution in [2.45, 2.75) is 13.0 Å². The molecule has 0 aromatic heterocycles. The van der Waals surface area contributed by atoms with Gasteiger partial charge in [-0.3, -0.25) is 5.32 Å². The van der Waals surface area contributed by atoms with E-state index in [2.05, 4.69) is 22.3 Å². The number of thiocarbonyl (C=S) groups is 1. The molecular formula is C4H5NO2S. The van der Waals surface area contributed by atoms with Crippen molar-refractivity contribution in [2.75, 3.05) is 0 Å². The third kappa shape index (κ3) is 0.790. The van der Waals surface area contributed by atoms with Crippen molar-refractivity contribution in [3.05, 3.63) is 0 Å². The molecule has 1 unspecified atom stereocenters. The molecule has 1 aliphatic heterocycles. The van der Waals surface area contributed by atoms with Gasteiger partial charge in [0.05, 0.1) is 0 Å². The molecule has 1 N–H and O–H groups in total. The summed E-state index contributed by atoms with van der Waals surface area (Å²) < 4.78 is 4.58. The molecule has 1 atom stereocenters. The van der Waals surface area contributed by atoms with Gasteiger partial charge < -0.3 is 4.74 Å². The number of hydrogen-bond donors (Lipinski definition) is 1. The van der Waals surface area contributed by atoms with E-state index in [1.165, 1.54) is 0 Å². The fourth-order valence-electron chi connectivity index (χ4n) is 0.446. The second-order valence-corrected chi connectivity index (χ2v) is 1.98. The minimum Gasteiger partial charge on any atom is -0.439 e. The third-order valence-corrected chi connectivity index (χ3v) is 1.31. The highest BCUT2D eigenvalue weighted by molar-refractivity contribution is 7.80. The van der Waals surface area contributed by atoms with E-state index in [1.54, 1.807) is 6.92 Å². The van der Waals surface area contributed by atoms with Gasteiger partial charge in [-0.15, -0.1) is 0 Å². The van der Waals surface area contributed by atoms with Crippen LogP contribution in [0.25, 0.3) is 0 Å². The molecule has 4 heteroatoms. The van der Waals surface area contributed by atoms with E-state index in [4.69, 9.17) is 0 Å². The molecule has 8 heavy (non-hydrogen) atoms. The van der Waals surface area contributed by atoms with Crippen LogP contribution in [-0.4, -0.2) is 17.2 Å². The molecular weight excluding hydrogens is 126 g/mol. The molecule has 0 radical (unpaired) electrons. The van der Waals surface area contributed by atoms with E-state index < -0.39 is 6.09 Å². The van der Waals surface area contributed by atoms with Crippen molar-refractivity contribution in [1.29, 1.82) is 0 Å². The largest absolute Gasteiger partial charge is 0.439 e. The molecule has 3 nitrogen and oxygen atoms in total. The van der Waals surface area contributed by atoms with Crippen LogP contribution in [0.5, 0.6) is 0 Å². The molecule has 1 aliphatic rings. The van der Waals surface area contributed by atoms with Crippen molar-refractivity contribution in [2.24, 2.45) is 0 Å². The first kappa shape index (κ1) is 5.50. The zero-order chi connectivity index (χ0) is 6.15. The Labute approximate surface area is 52.0 Å². The molecule has 0 bridgehead atoms. The minimum absolute atomic E-state index is 0.238. The highest BCUT2D eigenvalue weighted by atomic mass is 32.1. The van der Waals surface area contributed by atoms with E-state index in [1.807, 2.05) is 0 Å². The van der Waals surface area contributed by atoms with Gasteiger partial charge in [0.1, 0.15) is 4.99 Å². The molecule has 0 aromatic rings. The molecule has 1 saturated heterocycles. The number of carbonyl (C=O) groups excluding carboxylic acids is 1. The van der Waals surface area contributed by atoms with Gasteiger partial charge in [0.25, 0.3) is 0 Å². The van der Waals surface area contributed by atoms with Gasteiger partial charge in [0.2, 0.25) is 0 Å². The average molecular weight is 131 g/mol. The lowest BCUT2D eigenvalue weighted by molar-refractivity contribution is 0.156. The minimum atomic E-state index is -0.442. The molecule has 0 spiro atoms. The van der Waals surface area contributed by atoms with Gasteiger partial charge in [0, 0.05) is 0 Å². The third-order valence-electron chi connectivity index (χ3n) is 0.878. The standard InChI is InChI=1S/C4H5NO2S/c1-2-3(8)5-4(6)7-2/h2H,1H3,(H,5,6,8). The number of amides is 1. The van der Waals surface area contributed by atoms with Crippen LogP contribution in [0.1, 0.15) is 6.92 Å². The van der Waals surface area contributed by atoms with E-state index in [-0.39, 0.29) is 6.10 Å². The average Bonchev–Trinajstić information content (AvgIpc) is 1.85. The van der Waals surface area contributed by atoms with Crippen LogP contribution in [0.3, 0.4) is 0 Å². The lowest BCUT2D eigenvalue weighted by atomic mass is 10.4. The van der Waals surface area contributed by atoms with Crippen molar-refractivity contribution >= 4 is 23.3 Å². The predicted molar refractivity (Wildman–Crippen MR) is 31.7 cm³/mol. The summed E-state index contributed by atoms with van der Waals surface area (Å²) >= 11 is 4.66. The molecule has 1 amide bonds. The Morgan fingerprint density at radius 3 is 2.62 bits per heavy atom. The Morgan fingerprint density at radius 1 is 1.88 bits per heavy atom. The SMILES string of the molecule is CC1OC(=O)NC1=S. The number of carbonyl (C=O) groups is 1. The summed E-state index contributed by atoms with van der Waals surface area (Å²) in [5.74, 6) is 0. The second-order valence-electron chi connectivity index (χ2n) is 1.54. The van der Waals surface area contributed by atoms with Crippen molar-refractivity contribution in [3.63, 3.8) is 0 Å². The Balaban J connectivity index is 2.64. The van der Waals surface area contributed by atoms with Crippen LogP contribution >= 0.6 is 12.2 Å². The van der Waals surface area contributed by atoms with E-state index >= 15 is 0 Å². The number of alkyl carbamates (subject to hydrolysis) is 1. The summed E-state index contributed by atoms with van der Waals surface area (Å²) in [6, 6.07) is 0. The second kappa shape index (κ2) is 1.70. The Bertz CT molecular complexity index is 145. The fraction of sp³-hybridized carbons (Fsp3) is 0.500.